The van der Waals surface area contributed by atoms with E-state index in [2.05, 4.69) is 20.9 Å². The van der Waals surface area contributed by atoms with Crippen molar-refractivity contribution >= 4 is 47.4 Å². The maximum absolute atomic E-state index is 12.1. The molecule has 1 amide bonds. The molecule has 0 aliphatic carbocycles. The highest BCUT2D eigenvalue weighted by molar-refractivity contribution is 14.0. The van der Waals surface area contributed by atoms with E-state index < -0.39 is 0 Å². The van der Waals surface area contributed by atoms with Gasteiger partial charge in [-0.25, -0.2) is 0 Å². The van der Waals surface area contributed by atoms with E-state index in [1.807, 2.05) is 19.1 Å². The Bertz CT molecular complexity index is 741. The van der Waals surface area contributed by atoms with Crippen LogP contribution >= 0.6 is 35.6 Å². The highest BCUT2D eigenvalue weighted by Crippen LogP contribution is 2.14. The molecule has 0 saturated carbocycles. The molecule has 1 heterocycles. The summed E-state index contributed by atoms with van der Waals surface area (Å²) in [5, 5.41) is 9.64. The fourth-order valence-corrected chi connectivity index (χ4v) is 2.59. The number of guanidine groups is 1. The summed E-state index contributed by atoms with van der Waals surface area (Å²) < 4.78 is 10.7. The lowest BCUT2D eigenvalue weighted by atomic mass is 10.2. The van der Waals surface area contributed by atoms with Gasteiger partial charge in [0, 0.05) is 32.8 Å². The number of hydrogen-bond donors (Lipinski definition) is 3. The smallest absolute Gasteiger partial charge is 0.252 e. The SMILES string of the molecule is CCNC(=NCCCOCc1ccco1)NCCNC(=O)c1ccccc1Cl.I. The van der Waals surface area contributed by atoms with E-state index in [1.165, 1.54) is 0 Å². The molecule has 9 heteroatoms. The number of amides is 1. The van der Waals surface area contributed by atoms with Crippen LogP contribution in [0.4, 0.5) is 0 Å². The summed E-state index contributed by atoms with van der Waals surface area (Å²) in [7, 11) is 0. The third kappa shape index (κ3) is 10.00. The van der Waals surface area contributed by atoms with Crippen LogP contribution in [-0.4, -0.2) is 44.7 Å². The second-order valence-electron chi connectivity index (χ2n) is 5.91. The fraction of sp³-hybridized carbons (Fsp3) is 0.400. The quantitative estimate of drug-likeness (QED) is 0.178. The van der Waals surface area contributed by atoms with Crippen molar-refractivity contribution in [2.24, 2.45) is 4.99 Å². The van der Waals surface area contributed by atoms with Gasteiger partial charge in [-0.05, 0) is 37.6 Å². The summed E-state index contributed by atoms with van der Waals surface area (Å²) in [4.78, 5) is 16.6. The van der Waals surface area contributed by atoms with Gasteiger partial charge in [0.1, 0.15) is 12.4 Å². The van der Waals surface area contributed by atoms with Crippen molar-refractivity contribution in [3.63, 3.8) is 0 Å². The van der Waals surface area contributed by atoms with Crippen LogP contribution in [0.5, 0.6) is 0 Å². The molecular weight excluding hydrogens is 507 g/mol. The highest BCUT2D eigenvalue weighted by atomic mass is 127. The maximum Gasteiger partial charge on any atom is 0.252 e. The van der Waals surface area contributed by atoms with Crippen molar-refractivity contribution in [3.05, 3.63) is 59.0 Å². The molecule has 160 valence electrons. The first-order valence-electron chi connectivity index (χ1n) is 9.35. The Morgan fingerprint density at radius 3 is 2.66 bits per heavy atom. The zero-order valence-corrected chi connectivity index (χ0v) is 19.5. The molecule has 1 aromatic carbocycles. The van der Waals surface area contributed by atoms with E-state index in [-0.39, 0.29) is 29.9 Å². The van der Waals surface area contributed by atoms with Crippen LogP contribution in [0.25, 0.3) is 0 Å². The third-order valence-corrected chi connectivity index (χ3v) is 4.04. The molecule has 0 fully saturated rings. The molecule has 3 N–H and O–H groups in total. The van der Waals surface area contributed by atoms with E-state index in [0.29, 0.717) is 49.4 Å². The molecule has 0 bridgehead atoms. The van der Waals surface area contributed by atoms with Crippen LogP contribution in [0.15, 0.2) is 52.1 Å². The number of carbonyl (C=O) groups excluding carboxylic acids is 1. The summed E-state index contributed by atoms with van der Waals surface area (Å²) in [5.74, 6) is 1.33. The lowest BCUT2D eigenvalue weighted by molar-refractivity contribution is 0.0954. The van der Waals surface area contributed by atoms with Crippen molar-refractivity contribution in [1.29, 1.82) is 0 Å². The lowest BCUT2D eigenvalue weighted by Crippen LogP contribution is -2.41. The average Bonchev–Trinajstić information content (AvgIpc) is 3.21. The van der Waals surface area contributed by atoms with Crippen LogP contribution in [0.2, 0.25) is 5.02 Å². The molecule has 7 nitrogen and oxygen atoms in total. The van der Waals surface area contributed by atoms with Gasteiger partial charge in [0.15, 0.2) is 5.96 Å². The van der Waals surface area contributed by atoms with E-state index >= 15 is 0 Å². The highest BCUT2D eigenvalue weighted by Gasteiger charge is 2.08. The van der Waals surface area contributed by atoms with E-state index in [1.54, 1.807) is 30.5 Å². The van der Waals surface area contributed by atoms with Gasteiger partial charge in [0.2, 0.25) is 0 Å². The maximum atomic E-state index is 12.1. The van der Waals surface area contributed by atoms with Crippen molar-refractivity contribution in [2.75, 3.05) is 32.8 Å². The first-order chi connectivity index (χ1) is 13.7. The summed E-state index contributed by atoms with van der Waals surface area (Å²) in [6.07, 6.45) is 2.44. The predicted molar refractivity (Wildman–Crippen MR) is 126 cm³/mol. The topological polar surface area (TPSA) is 87.9 Å². The Hall–Kier alpha value is -1.78. The van der Waals surface area contributed by atoms with Crippen LogP contribution in [0.3, 0.4) is 0 Å². The second kappa shape index (κ2) is 15.1. The summed E-state index contributed by atoms with van der Waals surface area (Å²) in [5.41, 5.74) is 0.472. The van der Waals surface area contributed by atoms with Gasteiger partial charge < -0.3 is 25.1 Å². The molecule has 0 unspecified atom stereocenters. The zero-order chi connectivity index (χ0) is 20.0. The van der Waals surface area contributed by atoms with Gasteiger partial charge in [-0.2, -0.15) is 0 Å². The molecule has 0 aliphatic rings. The number of nitrogens with zero attached hydrogens (tertiary/aromatic N) is 1. The Morgan fingerprint density at radius 2 is 1.93 bits per heavy atom. The van der Waals surface area contributed by atoms with Crippen LogP contribution in [0.1, 0.15) is 29.5 Å². The van der Waals surface area contributed by atoms with Crippen LogP contribution in [-0.2, 0) is 11.3 Å². The normalized spacial score (nSPS) is 10.9. The van der Waals surface area contributed by atoms with Gasteiger partial charge in [-0.1, -0.05) is 23.7 Å². The number of nitrogens with one attached hydrogen (secondary N) is 3. The van der Waals surface area contributed by atoms with E-state index in [4.69, 9.17) is 20.8 Å². The number of hydrogen-bond acceptors (Lipinski definition) is 4. The van der Waals surface area contributed by atoms with Gasteiger partial charge in [-0.3, -0.25) is 9.79 Å². The van der Waals surface area contributed by atoms with Crippen molar-refractivity contribution in [3.8, 4) is 0 Å². The number of halogens is 2. The summed E-state index contributed by atoms with van der Waals surface area (Å²) in [6, 6.07) is 10.7. The van der Waals surface area contributed by atoms with Crippen LogP contribution in [0, 0.1) is 0 Å². The van der Waals surface area contributed by atoms with Gasteiger partial charge in [0.05, 0.1) is 16.8 Å². The number of rotatable bonds is 11. The number of aliphatic imine (C=N–C) groups is 1. The fourth-order valence-electron chi connectivity index (χ4n) is 2.36. The van der Waals surface area contributed by atoms with Gasteiger partial charge >= 0.3 is 0 Å². The number of benzene rings is 1. The first-order valence-corrected chi connectivity index (χ1v) is 9.73. The number of ether oxygens (including phenoxy) is 1. The Morgan fingerprint density at radius 1 is 1.14 bits per heavy atom. The van der Waals surface area contributed by atoms with E-state index in [0.717, 1.165) is 18.7 Å². The molecule has 0 aliphatic heterocycles. The molecule has 2 aromatic rings. The molecule has 0 atom stereocenters. The predicted octanol–water partition coefficient (Wildman–Crippen LogP) is 3.44. The molecular formula is C20H28ClIN4O3. The third-order valence-electron chi connectivity index (χ3n) is 3.71. The van der Waals surface area contributed by atoms with Crippen molar-refractivity contribution < 1.29 is 13.9 Å². The Kier molecular flexibility index (Phi) is 13.2. The molecule has 2 rings (SSSR count). The zero-order valence-electron chi connectivity index (χ0n) is 16.4. The summed E-state index contributed by atoms with van der Waals surface area (Å²) in [6.45, 7) is 5.49. The molecule has 0 saturated heterocycles. The van der Waals surface area contributed by atoms with Crippen molar-refractivity contribution in [2.45, 2.75) is 20.0 Å². The summed E-state index contributed by atoms with van der Waals surface area (Å²) >= 11 is 6.02. The lowest BCUT2D eigenvalue weighted by Gasteiger charge is -2.12. The first kappa shape index (κ1) is 25.3. The standard InChI is InChI=1S/C20H27ClN4O3.HI/c1-2-22-20(24-10-6-13-27-15-16-7-5-14-28-16)25-12-11-23-19(26)17-8-3-4-9-18(17)21;/h3-5,7-9,14H,2,6,10-13,15H2,1H3,(H,23,26)(H2,22,24,25);1H. The monoisotopic (exact) mass is 534 g/mol. The molecule has 0 radical (unpaired) electrons. The minimum absolute atomic E-state index is 0. The van der Waals surface area contributed by atoms with Gasteiger partial charge in [-0.15, -0.1) is 24.0 Å². The van der Waals surface area contributed by atoms with E-state index in [9.17, 15) is 4.79 Å². The molecule has 1 aromatic heterocycles. The molecule has 0 spiro atoms. The number of carbonyl (C=O) groups is 1. The number of furan rings is 1. The Labute approximate surface area is 193 Å². The largest absolute Gasteiger partial charge is 0.467 e. The average molecular weight is 535 g/mol. The van der Waals surface area contributed by atoms with Gasteiger partial charge in [0.25, 0.3) is 5.91 Å². The molecule has 29 heavy (non-hydrogen) atoms. The Balaban J connectivity index is 0.00000420. The second-order valence-corrected chi connectivity index (χ2v) is 6.32. The van der Waals surface area contributed by atoms with Crippen LogP contribution < -0.4 is 16.0 Å². The minimum Gasteiger partial charge on any atom is -0.467 e. The minimum atomic E-state index is -0.192. The van der Waals surface area contributed by atoms with Crippen molar-refractivity contribution in [1.82, 2.24) is 16.0 Å².